The number of hydrogen-bond donors (Lipinski definition) is 1. The first-order valence-corrected chi connectivity index (χ1v) is 6.76. The molecule has 0 unspecified atom stereocenters. The highest BCUT2D eigenvalue weighted by Crippen LogP contribution is 2.14. The molecule has 0 saturated heterocycles. The van der Waals surface area contributed by atoms with Crippen LogP contribution in [0.4, 0.5) is 5.69 Å². The summed E-state index contributed by atoms with van der Waals surface area (Å²) in [4.78, 5) is 23.5. The highest BCUT2D eigenvalue weighted by atomic mass is 16.1. The average molecular weight is 283 g/mol. The maximum absolute atomic E-state index is 12.3. The summed E-state index contributed by atoms with van der Waals surface area (Å²) in [7, 11) is 0. The van der Waals surface area contributed by atoms with Crippen LogP contribution in [0.3, 0.4) is 0 Å². The summed E-state index contributed by atoms with van der Waals surface area (Å²) in [5, 5.41) is 10.8. The van der Waals surface area contributed by atoms with E-state index in [4.69, 9.17) is 0 Å². The third kappa shape index (κ3) is 3.51. The van der Waals surface area contributed by atoms with Crippen molar-refractivity contribution < 1.29 is 9.59 Å². The summed E-state index contributed by atoms with van der Waals surface area (Å²) in [6, 6.07) is 8.53. The van der Waals surface area contributed by atoms with Gasteiger partial charge in [-0.05, 0) is 50.6 Å². The van der Waals surface area contributed by atoms with Crippen LogP contribution in [0.1, 0.15) is 46.0 Å². The SMILES string of the molecule is CCc1nnc(C)cc1C(=O)Nc1ccc(C(C)=O)cc1. The molecule has 1 aromatic carbocycles. The van der Waals surface area contributed by atoms with E-state index in [1.165, 1.54) is 6.92 Å². The van der Waals surface area contributed by atoms with Crippen LogP contribution in [0.25, 0.3) is 0 Å². The van der Waals surface area contributed by atoms with Crippen LogP contribution in [0, 0.1) is 6.92 Å². The molecule has 5 nitrogen and oxygen atoms in total. The predicted molar refractivity (Wildman–Crippen MR) is 80.5 cm³/mol. The first-order valence-electron chi connectivity index (χ1n) is 6.76. The number of carbonyl (C=O) groups is 2. The molecule has 1 heterocycles. The molecule has 0 spiro atoms. The molecule has 2 rings (SSSR count). The van der Waals surface area contributed by atoms with Gasteiger partial charge in [0.25, 0.3) is 5.91 Å². The minimum absolute atomic E-state index is 0.00453. The van der Waals surface area contributed by atoms with Gasteiger partial charge in [-0.3, -0.25) is 9.59 Å². The van der Waals surface area contributed by atoms with Gasteiger partial charge in [0.15, 0.2) is 5.78 Å². The second kappa shape index (κ2) is 6.26. The van der Waals surface area contributed by atoms with Crippen LogP contribution in [0.2, 0.25) is 0 Å². The van der Waals surface area contributed by atoms with Crippen molar-refractivity contribution in [1.29, 1.82) is 0 Å². The number of amides is 1. The molecule has 1 aromatic heterocycles. The third-order valence-corrected chi connectivity index (χ3v) is 3.12. The van der Waals surface area contributed by atoms with Crippen molar-refractivity contribution in [1.82, 2.24) is 10.2 Å². The van der Waals surface area contributed by atoms with E-state index in [9.17, 15) is 9.59 Å². The molecule has 5 heteroatoms. The summed E-state index contributed by atoms with van der Waals surface area (Å²) in [6.07, 6.45) is 0.638. The molecule has 0 saturated carbocycles. The zero-order valence-electron chi connectivity index (χ0n) is 12.3. The Bertz CT molecular complexity index is 678. The van der Waals surface area contributed by atoms with Crippen LogP contribution >= 0.6 is 0 Å². The van der Waals surface area contributed by atoms with E-state index in [0.29, 0.717) is 34.6 Å². The van der Waals surface area contributed by atoms with Crippen molar-refractivity contribution in [3.05, 3.63) is 52.8 Å². The van der Waals surface area contributed by atoms with Gasteiger partial charge in [-0.15, -0.1) is 0 Å². The van der Waals surface area contributed by atoms with Crippen molar-refractivity contribution in [3.63, 3.8) is 0 Å². The lowest BCUT2D eigenvalue weighted by Crippen LogP contribution is -2.16. The zero-order valence-corrected chi connectivity index (χ0v) is 12.3. The lowest BCUT2D eigenvalue weighted by Gasteiger charge is -2.09. The Morgan fingerprint density at radius 1 is 1.14 bits per heavy atom. The molecule has 0 aliphatic carbocycles. The number of nitrogens with zero attached hydrogens (tertiary/aromatic N) is 2. The molecule has 0 aliphatic rings. The Balaban J connectivity index is 2.21. The van der Waals surface area contributed by atoms with Crippen molar-refractivity contribution in [2.24, 2.45) is 0 Å². The summed E-state index contributed by atoms with van der Waals surface area (Å²) in [5.74, 6) is -0.226. The first kappa shape index (κ1) is 14.8. The Hall–Kier alpha value is -2.56. The van der Waals surface area contributed by atoms with E-state index < -0.39 is 0 Å². The monoisotopic (exact) mass is 283 g/mol. The van der Waals surface area contributed by atoms with Gasteiger partial charge in [-0.2, -0.15) is 10.2 Å². The minimum atomic E-state index is -0.222. The van der Waals surface area contributed by atoms with E-state index in [-0.39, 0.29) is 11.7 Å². The predicted octanol–water partition coefficient (Wildman–Crippen LogP) is 2.80. The molecule has 1 N–H and O–H groups in total. The van der Waals surface area contributed by atoms with Crippen molar-refractivity contribution >= 4 is 17.4 Å². The molecule has 108 valence electrons. The van der Waals surface area contributed by atoms with Crippen LogP contribution in [0.5, 0.6) is 0 Å². The lowest BCUT2D eigenvalue weighted by atomic mass is 10.1. The first-order chi connectivity index (χ1) is 10.0. The molecule has 2 aromatic rings. The largest absolute Gasteiger partial charge is 0.322 e. The summed E-state index contributed by atoms with van der Waals surface area (Å²) in [6.45, 7) is 5.23. The van der Waals surface area contributed by atoms with Gasteiger partial charge in [0.1, 0.15) is 0 Å². The van der Waals surface area contributed by atoms with Crippen molar-refractivity contribution in [2.75, 3.05) is 5.32 Å². The summed E-state index contributed by atoms with van der Waals surface area (Å²) < 4.78 is 0. The number of aromatic nitrogens is 2. The number of Topliss-reactive ketones (excluding diaryl/α,β-unsaturated/α-hetero) is 1. The molecular weight excluding hydrogens is 266 g/mol. The van der Waals surface area contributed by atoms with E-state index in [1.54, 1.807) is 37.3 Å². The van der Waals surface area contributed by atoms with Gasteiger partial charge in [0, 0.05) is 11.3 Å². The fourth-order valence-electron chi connectivity index (χ4n) is 1.96. The standard InChI is InChI=1S/C16H17N3O2/c1-4-15-14(9-10(2)18-19-15)16(21)17-13-7-5-12(6-8-13)11(3)20/h5-9H,4H2,1-3H3,(H,17,21). The maximum atomic E-state index is 12.3. The number of ketones is 1. The second-order valence-electron chi connectivity index (χ2n) is 4.79. The minimum Gasteiger partial charge on any atom is -0.322 e. The summed E-state index contributed by atoms with van der Waals surface area (Å²) >= 11 is 0. The molecule has 21 heavy (non-hydrogen) atoms. The second-order valence-corrected chi connectivity index (χ2v) is 4.79. The Morgan fingerprint density at radius 3 is 2.38 bits per heavy atom. The number of aryl methyl sites for hydroxylation is 2. The molecule has 0 bridgehead atoms. The van der Waals surface area contributed by atoms with E-state index in [0.717, 1.165) is 0 Å². The summed E-state index contributed by atoms with van der Waals surface area (Å²) in [5.41, 5.74) is 3.15. The van der Waals surface area contributed by atoms with Crippen molar-refractivity contribution in [2.45, 2.75) is 27.2 Å². The quantitative estimate of drug-likeness (QED) is 0.876. The molecule has 0 aliphatic heterocycles. The zero-order chi connectivity index (χ0) is 15.4. The van der Waals surface area contributed by atoms with Gasteiger partial charge in [0.05, 0.1) is 17.0 Å². The highest BCUT2D eigenvalue weighted by molar-refractivity contribution is 6.05. The van der Waals surface area contributed by atoms with Crippen LogP contribution in [-0.2, 0) is 6.42 Å². The Labute approximate surface area is 123 Å². The van der Waals surface area contributed by atoms with Gasteiger partial charge >= 0.3 is 0 Å². The maximum Gasteiger partial charge on any atom is 0.257 e. The van der Waals surface area contributed by atoms with E-state index in [2.05, 4.69) is 15.5 Å². The van der Waals surface area contributed by atoms with Crippen LogP contribution in [0.15, 0.2) is 30.3 Å². The van der Waals surface area contributed by atoms with Gasteiger partial charge in [0.2, 0.25) is 0 Å². The topological polar surface area (TPSA) is 72.0 Å². The van der Waals surface area contributed by atoms with Gasteiger partial charge < -0.3 is 5.32 Å². The number of rotatable bonds is 4. The molecule has 0 radical (unpaired) electrons. The number of hydrogen-bond acceptors (Lipinski definition) is 4. The van der Waals surface area contributed by atoms with Gasteiger partial charge in [-0.25, -0.2) is 0 Å². The molecule has 0 atom stereocenters. The van der Waals surface area contributed by atoms with Gasteiger partial charge in [-0.1, -0.05) is 6.92 Å². The van der Waals surface area contributed by atoms with Crippen LogP contribution < -0.4 is 5.32 Å². The van der Waals surface area contributed by atoms with Crippen LogP contribution in [-0.4, -0.2) is 21.9 Å². The number of carbonyl (C=O) groups excluding carboxylic acids is 2. The van der Waals surface area contributed by atoms with E-state index >= 15 is 0 Å². The fraction of sp³-hybridized carbons (Fsp3) is 0.250. The number of nitrogens with one attached hydrogen (secondary N) is 1. The number of anilines is 1. The third-order valence-electron chi connectivity index (χ3n) is 3.12. The normalized spacial score (nSPS) is 10.2. The van der Waals surface area contributed by atoms with Crippen molar-refractivity contribution in [3.8, 4) is 0 Å². The smallest absolute Gasteiger partial charge is 0.257 e. The lowest BCUT2D eigenvalue weighted by molar-refractivity contribution is 0.101. The molecule has 0 fully saturated rings. The Morgan fingerprint density at radius 2 is 1.81 bits per heavy atom. The average Bonchev–Trinajstić information content (AvgIpc) is 2.47. The van der Waals surface area contributed by atoms with E-state index in [1.807, 2.05) is 6.92 Å². The molecular formula is C16H17N3O2. The fourth-order valence-corrected chi connectivity index (χ4v) is 1.96. The highest BCUT2D eigenvalue weighted by Gasteiger charge is 2.13. The number of benzene rings is 1. The molecule has 1 amide bonds. The Kier molecular flexibility index (Phi) is 4.42.